The van der Waals surface area contributed by atoms with E-state index in [1.54, 1.807) is 0 Å². The van der Waals surface area contributed by atoms with Gasteiger partial charge in [-0.2, -0.15) is 18.3 Å². The fourth-order valence-electron chi connectivity index (χ4n) is 2.88. The number of nitrogens with zero attached hydrogens (tertiary/aromatic N) is 5. The number of aliphatic imine (C=N–C) groups is 1. The number of thiazole rings is 1. The first-order valence-electron chi connectivity index (χ1n) is 8.82. The van der Waals surface area contributed by atoms with Crippen LogP contribution in [0.4, 0.5) is 13.2 Å². The zero-order valence-electron chi connectivity index (χ0n) is 15.6. The number of nitrogens with one attached hydrogen (secondary N) is 2. The summed E-state index contributed by atoms with van der Waals surface area (Å²) in [5, 5.41) is 12.4. The highest BCUT2D eigenvalue weighted by Crippen LogP contribution is 2.30. The molecule has 0 bridgehead atoms. The van der Waals surface area contributed by atoms with E-state index >= 15 is 0 Å². The lowest BCUT2D eigenvalue weighted by molar-refractivity contribution is -0.140. The molecule has 28 heavy (non-hydrogen) atoms. The molecule has 3 rings (SSSR count). The first-order chi connectivity index (χ1) is 12.8. The summed E-state index contributed by atoms with van der Waals surface area (Å²) in [5.74, 6) is 2.42. The maximum absolute atomic E-state index is 12.6. The van der Waals surface area contributed by atoms with E-state index in [-0.39, 0.29) is 30.0 Å². The van der Waals surface area contributed by atoms with Gasteiger partial charge in [0.25, 0.3) is 0 Å². The van der Waals surface area contributed by atoms with Gasteiger partial charge in [-0.05, 0) is 20.3 Å². The Labute approximate surface area is 182 Å². The second-order valence-corrected chi connectivity index (χ2v) is 7.21. The van der Waals surface area contributed by atoms with E-state index in [0.717, 1.165) is 41.2 Å². The summed E-state index contributed by atoms with van der Waals surface area (Å²) in [6, 6.07) is 0.174. The van der Waals surface area contributed by atoms with E-state index in [1.165, 1.54) is 0 Å². The Hall–Kier alpha value is -1.44. The van der Waals surface area contributed by atoms with Crippen LogP contribution in [0, 0.1) is 6.92 Å². The van der Waals surface area contributed by atoms with Crippen molar-refractivity contribution in [3.8, 4) is 0 Å². The van der Waals surface area contributed by atoms with Gasteiger partial charge in [0.1, 0.15) is 11.6 Å². The summed E-state index contributed by atoms with van der Waals surface area (Å²) < 4.78 is 39.7. The largest absolute Gasteiger partial charge is 0.434 e. The summed E-state index contributed by atoms with van der Waals surface area (Å²) in [5.41, 5.74) is -0.836. The van der Waals surface area contributed by atoms with Crippen molar-refractivity contribution in [3.05, 3.63) is 27.7 Å². The molecular formula is C16H23F3IN7S. The number of aromatic nitrogens is 4. The predicted octanol–water partition coefficient (Wildman–Crippen LogP) is 2.79. The Morgan fingerprint density at radius 1 is 1.39 bits per heavy atom. The fourth-order valence-corrected chi connectivity index (χ4v) is 3.68. The van der Waals surface area contributed by atoms with Crippen LogP contribution >= 0.6 is 35.3 Å². The zero-order chi connectivity index (χ0) is 19.4. The van der Waals surface area contributed by atoms with E-state index in [4.69, 9.17) is 0 Å². The van der Waals surface area contributed by atoms with E-state index in [9.17, 15) is 13.2 Å². The average molecular weight is 529 g/mol. The number of alkyl halides is 3. The third kappa shape index (κ3) is 6.03. The summed E-state index contributed by atoms with van der Waals surface area (Å²) in [6.45, 7) is 5.61. The number of hydrogen-bond donors (Lipinski definition) is 2. The van der Waals surface area contributed by atoms with E-state index < -0.39 is 11.9 Å². The van der Waals surface area contributed by atoms with Crippen LogP contribution in [-0.4, -0.2) is 44.8 Å². The summed E-state index contributed by atoms with van der Waals surface area (Å²) in [7, 11) is 0. The van der Waals surface area contributed by atoms with Crippen LogP contribution in [0.15, 0.2) is 10.4 Å². The number of halogens is 4. The summed E-state index contributed by atoms with van der Waals surface area (Å²) in [4.78, 5) is 12.5. The number of rotatable bonds is 5. The molecule has 0 aliphatic carbocycles. The third-order valence-electron chi connectivity index (χ3n) is 4.09. The van der Waals surface area contributed by atoms with Crippen molar-refractivity contribution in [2.24, 2.45) is 4.99 Å². The number of guanidine groups is 1. The molecule has 1 atom stereocenters. The van der Waals surface area contributed by atoms with Gasteiger partial charge in [0, 0.05) is 37.4 Å². The lowest BCUT2D eigenvalue weighted by Gasteiger charge is -2.25. The van der Waals surface area contributed by atoms with Crippen molar-refractivity contribution in [1.29, 1.82) is 0 Å². The number of hydrogen-bond acceptors (Lipinski definition) is 5. The van der Waals surface area contributed by atoms with Gasteiger partial charge in [-0.25, -0.2) is 14.6 Å². The maximum atomic E-state index is 12.6. The highest BCUT2D eigenvalue weighted by atomic mass is 127. The van der Waals surface area contributed by atoms with Crippen molar-refractivity contribution in [2.45, 2.75) is 51.9 Å². The van der Waals surface area contributed by atoms with Crippen LogP contribution in [-0.2, 0) is 25.6 Å². The third-order valence-corrected chi connectivity index (χ3v) is 5.00. The molecule has 2 aromatic rings. The highest BCUT2D eigenvalue weighted by Gasteiger charge is 2.33. The molecule has 0 fully saturated rings. The molecule has 1 aliphatic rings. The van der Waals surface area contributed by atoms with Crippen molar-refractivity contribution in [2.75, 3.05) is 13.1 Å². The molecule has 0 saturated heterocycles. The molecule has 1 unspecified atom stereocenters. The van der Waals surface area contributed by atoms with Gasteiger partial charge in [0.2, 0.25) is 0 Å². The second-order valence-electron chi connectivity index (χ2n) is 6.27. The zero-order valence-corrected chi connectivity index (χ0v) is 18.7. The number of aryl methyl sites for hydroxylation is 2. The highest BCUT2D eigenvalue weighted by molar-refractivity contribution is 14.0. The topological polar surface area (TPSA) is 80.0 Å². The van der Waals surface area contributed by atoms with Gasteiger partial charge in [0.05, 0.1) is 11.6 Å². The molecule has 7 nitrogen and oxygen atoms in total. The average Bonchev–Trinajstić information content (AvgIpc) is 3.20. The molecule has 0 spiro atoms. The minimum Gasteiger partial charge on any atom is -0.357 e. The SMILES string of the molecule is CCNC(=NCCc1nc(C(F)(F)F)cs1)NC1CCc2nc(C)nn2C1.I. The van der Waals surface area contributed by atoms with Gasteiger partial charge in [-0.15, -0.1) is 35.3 Å². The standard InChI is InChI=1S/C16H22F3N7S.HI/c1-3-20-15(21-7-6-14-24-12(9-27-14)16(17,18)19)23-11-4-5-13-22-10(2)25-26(13)8-11;/h9,11H,3-8H2,1-2H3,(H2,20,21,23);1H. The molecule has 2 aromatic heterocycles. The van der Waals surface area contributed by atoms with Gasteiger partial charge in [-0.1, -0.05) is 0 Å². The van der Waals surface area contributed by atoms with Crippen LogP contribution in [0.1, 0.15) is 35.7 Å². The van der Waals surface area contributed by atoms with Gasteiger partial charge in [-0.3, -0.25) is 4.99 Å². The molecule has 0 aromatic carbocycles. The molecule has 0 saturated carbocycles. The van der Waals surface area contributed by atoms with Gasteiger partial charge in [0.15, 0.2) is 11.7 Å². The van der Waals surface area contributed by atoms with Crippen molar-refractivity contribution < 1.29 is 13.2 Å². The van der Waals surface area contributed by atoms with Crippen LogP contribution in [0.3, 0.4) is 0 Å². The van der Waals surface area contributed by atoms with E-state index in [1.807, 2.05) is 18.5 Å². The van der Waals surface area contributed by atoms with Crippen LogP contribution in [0.5, 0.6) is 0 Å². The van der Waals surface area contributed by atoms with Gasteiger partial charge >= 0.3 is 6.18 Å². The normalized spacial score (nSPS) is 17.0. The lowest BCUT2D eigenvalue weighted by atomic mass is 10.1. The van der Waals surface area contributed by atoms with Crippen molar-refractivity contribution in [1.82, 2.24) is 30.4 Å². The Morgan fingerprint density at radius 2 is 2.18 bits per heavy atom. The molecule has 0 amide bonds. The first kappa shape index (κ1) is 22.8. The van der Waals surface area contributed by atoms with E-state index in [0.29, 0.717) is 37.0 Å². The van der Waals surface area contributed by atoms with Gasteiger partial charge < -0.3 is 10.6 Å². The second kappa shape index (κ2) is 9.85. The van der Waals surface area contributed by atoms with Crippen molar-refractivity contribution in [3.63, 3.8) is 0 Å². The summed E-state index contributed by atoms with van der Waals surface area (Å²) in [6.07, 6.45) is -2.26. The van der Waals surface area contributed by atoms with Crippen LogP contribution < -0.4 is 10.6 Å². The minimum absolute atomic E-state index is 0. The Morgan fingerprint density at radius 3 is 2.86 bits per heavy atom. The van der Waals surface area contributed by atoms with Crippen molar-refractivity contribution >= 4 is 41.3 Å². The lowest BCUT2D eigenvalue weighted by Crippen LogP contribution is -2.47. The maximum Gasteiger partial charge on any atom is 0.434 e. The minimum atomic E-state index is -4.39. The monoisotopic (exact) mass is 529 g/mol. The predicted molar refractivity (Wildman–Crippen MR) is 112 cm³/mol. The van der Waals surface area contributed by atoms with E-state index in [2.05, 4.69) is 30.7 Å². The molecular weight excluding hydrogens is 506 g/mol. The Kier molecular flexibility index (Phi) is 8.04. The fraction of sp³-hybridized carbons (Fsp3) is 0.625. The Bertz CT molecular complexity index is 803. The molecule has 156 valence electrons. The first-order valence-corrected chi connectivity index (χ1v) is 9.70. The molecule has 3 heterocycles. The molecule has 0 radical (unpaired) electrons. The summed E-state index contributed by atoms with van der Waals surface area (Å²) >= 11 is 1.01. The smallest absolute Gasteiger partial charge is 0.357 e. The Balaban J connectivity index is 0.00000280. The quantitative estimate of drug-likeness (QED) is 0.354. The molecule has 2 N–H and O–H groups in total. The molecule has 12 heteroatoms. The van der Waals surface area contributed by atoms with Crippen LogP contribution in [0.25, 0.3) is 0 Å². The molecule has 1 aliphatic heterocycles. The number of fused-ring (bicyclic) bond motifs is 1. The van der Waals surface area contributed by atoms with Crippen LogP contribution in [0.2, 0.25) is 0 Å².